The molecule has 10 heteroatoms. The van der Waals surface area contributed by atoms with E-state index in [1.807, 2.05) is 0 Å². The van der Waals surface area contributed by atoms with Crippen LogP contribution >= 0.6 is 15.9 Å². The van der Waals surface area contributed by atoms with Gasteiger partial charge in [0.25, 0.3) is 17.7 Å². The van der Waals surface area contributed by atoms with Crippen molar-refractivity contribution in [2.45, 2.75) is 6.92 Å². The number of nitrogens with zero attached hydrogens (tertiary/aromatic N) is 1. The molecule has 0 atom stereocenters. The second-order valence-electron chi connectivity index (χ2n) is 7.24. The molecule has 0 spiro atoms. The first-order valence-corrected chi connectivity index (χ1v) is 10.6. The van der Waals surface area contributed by atoms with Gasteiger partial charge >= 0.3 is 11.9 Å². The highest BCUT2D eigenvalue weighted by Gasteiger charge is 2.37. The molecular formula is C24H15BrN2O7. The van der Waals surface area contributed by atoms with Gasteiger partial charge in [0.05, 0.1) is 28.1 Å². The number of imide groups is 1. The Labute approximate surface area is 201 Å². The van der Waals surface area contributed by atoms with Crippen molar-refractivity contribution in [2.24, 2.45) is 0 Å². The third-order valence-electron chi connectivity index (χ3n) is 4.97. The fourth-order valence-corrected chi connectivity index (χ4v) is 3.80. The van der Waals surface area contributed by atoms with Gasteiger partial charge in [-0.2, -0.15) is 0 Å². The van der Waals surface area contributed by atoms with Crippen LogP contribution in [0.15, 0.2) is 65.1 Å². The number of halogens is 1. The monoisotopic (exact) mass is 522 g/mol. The maximum Gasteiger partial charge on any atom is 0.337 e. The predicted molar refractivity (Wildman–Crippen MR) is 124 cm³/mol. The zero-order chi connectivity index (χ0) is 24.6. The highest BCUT2D eigenvalue weighted by atomic mass is 79.9. The lowest BCUT2D eigenvalue weighted by Gasteiger charge is -2.14. The van der Waals surface area contributed by atoms with Gasteiger partial charge in [-0.3, -0.25) is 19.2 Å². The molecular weight excluding hydrogens is 508 g/mol. The summed E-state index contributed by atoms with van der Waals surface area (Å²) in [6.07, 6.45) is 0. The molecule has 34 heavy (non-hydrogen) atoms. The SMILES string of the molecule is CC(=O)Oc1ccc(N2C(=O)c3ccc(C(=O)Nc4ccc(Br)cc4C(=O)O)cc3C2=O)cc1. The summed E-state index contributed by atoms with van der Waals surface area (Å²) in [7, 11) is 0. The van der Waals surface area contributed by atoms with Gasteiger partial charge in [0.2, 0.25) is 0 Å². The summed E-state index contributed by atoms with van der Waals surface area (Å²) >= 11 is 3.19. The summed E-state index contributed by atoms with van der Waals surface area (Å²) in [5, 5.41) is 11.9. The molecule has 2 N–H and O–H groups in total. The summed E-state index contributed by atoms with van der Waals surface area (Å²) in [5.41, 5.74) is 0.480. The number of carbonyl (C=O) groups excluding carboxylic acids is 4. The molecule has 3 amide bonds. The van der Waals surface area contributed by atoms with Gasteiger partial charge < -0.3 is 15.2 Å². The first-order chi connectivity index (χ1) is 16.2. The Morgan fingerprint density at radius 1 is 0.912 bits per heavy atom. The van der Waals surface area contributed by atoms with Crippen LogP contribution in [0.2, 0.25) is 0 Å². The van der Waals surface area contributed by atoms with Crippen LogP contribution in [0.3, 0.4) is 0 Å². The molecule has 0 aromatic heterocycles. The van der Waals surface area contributed by atoms with Crippen LogP contribution in [0.4, 0.5) is 11.4 Å². The number of ether oxygens (including phenoxy) is 1. The van der Waals surface area contributed by atoms with Crippen LogP contribution in [0, 0.1) is 0 Å². The third-order valence-corrected chi connectivity index (χ3v) is 5.46. The van der Waals surface area contributed by atoms with E-state index in [0.29, 0.717) is 4.47 Å². The van der Waals surface area contributed by atoms with Crippen molar-refractivity contribution in [3.8, 4) is 5.75 Å². The van der Waals surface area contributed by atoms with Gasteiger partial charge in [-0.05, 0) is 60.7 Å². The standard InChI is InChI=1S/C24H15BrN2O7/c1-12(28)34-16-6-4-15(5-7-16)27-22(30)17-8-2-13(10-18(17)23(27)31)21(29)26-20-9-3-14(25)11-19(20)24(32)33/h2-11H,1H3,(H,26,29)(H,32,33). The molecule has 1 aliphatic heterocycles. The van der Waals surface area contributed by atoms with Crippen molar-refractivity contribution in [2.75, 3.05) is 10.2 Å². The molecule has 0 fully saturated rings. The van der Waals surface area contributed by atoms with E-state index in [2.05, 4.69) is 21.2 Å². The van der Waals surface area contributed by atoms with Crippen molar-refractivity contribution in [3.05, 3.63) is 87.4 Å². The molecule has 0 saturated carbocycles. The molecule has 1 heterocycles. The average Bonchev–Trinajstić information content (AvgIpc) is 3.04. The number of carbonyl (C=O) groups is 5. The number of aromatic carboxylic acids is 1. The van der Waals surface area contributed by atoms with Crippen LogP contribution in [0.5, 0.6) is 5.75 Å². The van der Waals surface area contributed by atoms with Crippen molar-refractivity contribution >= 4 is 57.0 Å². The number of hydrogen-bond donors (Lipinski definition) is 2. The minimum absolute atomic E-state index is 0.0379. The number of rotatable bonds is 5. The second-order valence-corrected chi connectivity index (χ2v) is 8.16. The summed E-state index contributed by atoms with van der Waals surface area (Å²) in [6, 6.07) is 14.3. The Morgan fingerprint density at radius 3 is 2.24 bits per heavy atom. The summed E-state index contributed by atoms with van der Waals surface area (Å²) in [4.78, 5) is 62.1. The minimum atomic E-state index is -1.22. The molecule has 0 radical (unpaired) electrons. The molecule has 1 aliphatic rings. The molecule has 3 aromatic rings. The lowest BCUT2D eigenvalue weighted by Crippen LogP contribution is -2.29. The number of fused-ring (bicyclic) bond motifs is 1. The number of carboxylic acid groups (broad SMARTS) is 1. The Kier molecular flexibility index (Phi) is 5.99. The van der Waals surface area contributed by atoms with Crippen LogP contribution in [0.25, 0.3) is 0 Å². The van der Waals surface area contributed by atoms with E-state index >= 15 is 0 Å². The van der Waals surface area contributed by atoms with Gasteiger partial charge in [0.15, 0.2) is 0 Å². The first kappa shape index (κ1) is 22.9. The molecule has 0 bridgehead atoms. The fraction of sp³-hybridized carbons (Fsp3) is 0.0417. The number of benzene rings is 3. The Hall–Kier alpha value is -4.31. The van der Waals surface area contributed by atoms with E-state index in [9.17, 15) is 29.1 Å². The van der Waals surface area contributed by atoms with E-state index < -0.39 is 29.7 Å². The lowest BCUT2D eigenvalue weighted by molar-refractivity contribution is -0.131. The highest BCUT2D eigenvalue weighted by Crippen LogP contribution is 2.31. The largest absolute Gasteiger partial charge is 0.478 e. The van der Waals surface area contributed by atoms with Crippen molar-refractivity contribution in [1.82, 2.24) is 0 Å². The number of amides is 3. The molecule has 3 aromatic carbocycles. The molecule has 0 aliphatic carbocycles. The average molecular weight is 523 g/mol. The smallest absolute Gasteiger partial charge is 0.337 e. The van der Waals surface area contributed by atoms with Crippen molar-refractivity contribution in [1.29, 1.82) is 0 Å². The Balaban J connectivity index is 1.60. The molecule has 0 saturated heterocycles. The Bertz CT molecular complexity index is 1380. The molecule has 170 valence electrons. The van der Waals surface area contributed by atoms with Crippen molar-refractivity contribution in [3.63, 3.8) is 0 Å². The normalized spacial score (nSPS) is 12.4. The summed E-state index contributed by atoms with van der Waals surface area (Å²) in [5.74, 6) is -3.28. The van der Waals surface area contributed by atoms with Crippen LogP contribution in [-0.4, -0.2) is 34.8 Å². The van der Waals surface area contributed by atoms with Crippen LogP contribution < -0.4 is 15.0 Å². The third kappa shape index (κ3) is 4.30. The van der Waals surface area contributed by atoms with Gasteiger partial charge in [0, 0.05) is 17.0 Å². The van der Waals surface area contributed by atoms with Gasteiger partial charge in [0.1, 0.15) is 5.75 Å². The topological polar surface area (TPSA) is 130 Å². The Morgan fingerprint density at radius 2 is 1.59 bits per heavy atom. The summed E-state index contributed by atoms with van der Waals surface area (Å²) in [6.45, 7) is 1.25. The molecule has 4 rings (SSSR count). The van der Waals surface area contributed by atoms with Crippen LogP contribution in [-0.2, 0) is 4.79 Å². The quantitative estimate of drug-likeness (QED) is 0.292. The van der Waals surface area contributed by atoms with E-state index in [-0.39, 0.29) is 39.4 Å². The highest BCUT2D eigenvalue weighted by molar-refractivity contribution is 9.10. The fourth-order valence-electron chi connectivity index (χ4n) is 3.44. The van der Waals surface area contributed by atoms with E-state index in [0.717, 1.165) is 4.90 Å². The van der Waals surface area contributed by atoms with Crippen molar-refractivity contribution < 1.29 is 33.8 Å². The number of anilines is 2. The number of esters is 1. The molecule has 0 unspecified atom stereocenters. The number of hydrogen-bond acceptors (Lipinski definition) is 6. The van der Waals surface area contributed by atoms with E-state index in [1.165, 1.54) is 61.5 Å². The maximum absolute atomic E-state index is 13.0. The van der Waals surface area contributed by atoms with E-state index in [1.54, 1.807) is 6.07 Å². The minimum Gasteiger partial charge on any atom is -0.478 e. The molecule has 9 nitrogen and oxygen atoms in total. The van der Waals surface area contributed by atoms with Gasteiger partial charge in [-0.1, -0.05) is 15.9 Å². The second kappa shape index (κ2) is 8.91. The van der Waals surface area contributed by atoms with E-state index in [4.69, 9.17) is 4.74 Å². The van der Waals surface area contributed by atoms with Gasteiger partial charge in [-0.15, -0.1) is 0 Å². The summed E-state index contributed by atoms with van der Waals surface area (Å²) < 4.78 is 5.49. The number of nitrogens with one attached hydrogen (secondary N) is 1. The van der Waals surface area contributed by atoms with Gasteiger partial charge in [-0.25, -0.2) is 9.69 Å². The predicted octanol–water partition coefficient (Wildman–Crippen LogP) is 4.13. The van der Waals surface area contributed by atoms with Crippen LogP contribution in [0.1, 0.15) is 48.4 Å². The zero-order valence-corrected chi connectivity index (χ0v) is 19.1. The lowest BCUT2D eigenvalue weighted by atomic mass is 10.0. The maximum atomic E-state index is 13.0. The zero-order valence-electron chi connectivity index (χ0n) is 17.5. The number of carboxylic acids is 1. The first-order valence-electron chi connectivity index (χ1n) is 9.81.